The number of aryl methyl sites for hydroxylation is 1. The van der Waals surface area contributed by atoms with E-state index in [0.29, 0.717) is 10.0 Å². The Labute approximate surface area is 164 Å². The summed E-state index contributed by atoms with van der Waals surface area (Å²) in [6, 6.07) is 13.1. The first-order valence-corrected chi connectivity index (χ1v) is 9.66. The van der Waals surface area contributed by atoms with E-state index in [2.05, 4.69) is 0 Å². The highest BCUT2D eigenvalue weighted by molar-refractivity contribution is 7.12. The Kier molecular flexibility index (Phi) is 4.57. The fraction of sp³-hybridized carbons (Fsp3) is 0.100. The van der Waals surface area contributed by atoms with E-state index in [9.17, 15) is 4.79 Å². The molecular formula is C20H14Cl2N2OS. The Bertz CT molecular complexity index is 1100. The van der Waals surface area contributed by atoms with Crippen LogP contribution in [0.5, 0.6) is 0 Å². The molecule has 0 bridgehead atoms. The molecule has 0 amide bonds. The van der Waals surface area contributed by atoms with Gasteiger partial charge < -0.3 is 4.40 Å². The van der Waals surface area contributed by atoms with E-state index in [1.807, 2.05) is 65.4 Å². The van der Waals surface area contributed by atoms with Gasteiger partial charge >= 0.3 is 0 Å². The maximum atomic E-state index is 12.7. The third-order valence-corrected chi connectivity index (χ3v) is 5.58. The van der Waals surface area contributed by atoms with Gasteiger partial charge in [0.15, 0.2) is 5.78 Å². The summed E-state index contributed by atoms with van der Waals surface area (Å²) in [7, 11) is 0. The second-order valence-electron chi connectivity index (χ2n) is 6.03. The molecule has 0 unspecified atom stereocenters. The fourth-order valence-electron chi connectivity index (χ4n) is 3.00. The highest BCUT2D eigenvalue weighted by Crippen LogP contribution is 2.29. The van der Waals surface area contributed by atoms with Crippen LogP contribution in [0.1, 0.15) is 20.9 Å². The van der Waals surface area contributed by atoms with E-state index in [4.69, 9.17) is 28.2 Å². The second-order valence-corrected chi connectivity index (χ2v) is 7.85. The van der Waals surface area contributed by atoms with Crippen LogP contribution < -0.4 is 0 Å². The molecule has 3 heterocycles. The number of carbonyl (C=O) groups is 1. The van der Waals surface area contributed by atoms with Crippen molar-refractivity contribution in [1.29, 1.82) is 0 Å². The standard InChI is InChI=1S/C20H14Cl2N2OS/c1-12-9-15(22)11-24-16(10-17(25)18-3-2-8-26-18)19(23-20(12)24)13-4-6-14(21)7-5-13/h2-9,11H,10H2,1H3. The Morgan fingerprint density at radius 2 is 1.92 bits per heavy atom. The highest BCUT2D eigenvalue weighted by Gasteiger charge is 2.19. The Morgan fingerprint density at radius 3 is 2.62 bits per heavy atom. The Hall–Kier alpha value is -2.14. The van der Waals surface area contributed by atoms with Gasteiger partial charge in [-0.2, -0.15) is 0 Å². The SMILES string of the molecule is Cc1cc(Cl)cn2c(CC(=O)c3cccs3)c(-c3ccc(Cl)cc3)nc12. The first kappa shape index (κ1) is 17.3. The van der Waals surface area contributed by atoms with Crippen LogP contribution >= 0.6 is 34.5 Å². The van der Waals surface area contributed by atoms with Gasteiger partial charge in [0.1, 0.15) is 5.65 Å². The number of nitrogens with zero attached hydrogens (tertiary/aromatic N) is 2. The van der Waals surface area contributed by atoms with Crippen molar-refractivity contribution in [3.63, 3.8) is 0 Å². The number of halogens is 2. The predicted octanol–water partition coefficient (Wildman–Crippen LogP) is 6.10. The molecule has 3 aromatic heterocycles. The fourth-order valence-corrected chi connectivity index (χ4v) is 4.05. The first-order chi connectivity index (χ1) is 12.5. The molecule has 3 nitrogen and oxygen atoms in total. The third kappa shape index (κ3) is 3.16. The van der Waals surface area contributed by atoms with Crippen LogP contribution in [0.3, 0.4) is 0 Å². The van der Waals surface area contributed by atoms with Crippen molar-refractivity contribution in [2.75, 3.05) is 0 Å². The number of carbonyl (C=O) groups excluding carboxylic acids is 1. The van der Waals surface area contributed by atoms with Crippen molar-refractivity contribution >= 4 is 46.0 Å². The minimum Gasteiger partial charge on any atom is -0.301 e. The largest absolute Gasteiger partial charge is 0.301 e. The monoisotopic (exact) mass is 400 g/mol. The second kappa shape index (κ2) is 6.88. The summed E-state index contributed by atoms with van der Waals surface area (Å²) in [4.78, 5) is 18.3. The minimum atomic E-state index is 0.0645. The zero-order chi connectivity index (χ0) is 18.3. The molecule has 0 saturated carbocycles. The van der Waals surface area contributed by atoms with Gasteiger partial charge in [-0.3, -0.25) is 4.79 Å². The summed E-state index contributed by atoms with van der Waals surface area (Å²) in [5.41, 5.74) is 4.28. The number of hydrogen-bond acceptors (Lipinski definition) is 3. The molecule has 0 spiro atoms. The quantitative estimate of drug-likeness (QED) is 0.387. The third-order valence-electron chi connectivity index (χ3n) is 4.21. The number of rotatable bonds is 4. The van der Waals surface area contributed by atoms with Crippen LogP contribution in [-0.2, 0) is 6.42 Å². The maximum Gasteiger partial charge on any atom is 0.178 e. The number of pyridine rings is 1. The average molecular weight is 401 g/mol. The predicted molar refractivity (Wildman–Crippen MR) is 108 cm³/mol. The van der Waals surface area contributed by atoms with E-state index >= 15 is 0 Å². The normalized spacial score (nSPS) is 11.2. The number of hydrogen-bond donors (Lipinski definition) is 0. The number of ketones is 1. The van der Waals surface area contributed by atoms with Gasteiger partial charge in [0.05, 0.1) is 27.7 Å². The molecule has 1 aromatic carbocycles. The van der Waals surface area contributed by atoms with Crippen molar-refractivity contribution < 1.29 is 4.79 Å². The summed E-state index contributed by atoms with van der Waals surface area (Å²) in [6.07, 6.45) is 2.06. The molecule has 0 aliphatic carbocycles. The summed E-state index contributed by atoms with van der Waals surface area (Å²) >= 11 is 13.7. The molecule has 0 N–H and O–H groups in total. The molecule has 0 fully saturated rings. The minimum absolute atomic E-state index is 0.0645. The molecule has 4 aromatic rings. The lowest BCUT2D eigenvalue weighted by Gasteiger charge is -2.06. The number of fused-ring (bicyclic) bond motifs is 1. The first-order valence-electron chi connectivity index (χ1n) is 8.02. The van der Waals surface area contributed by atoms with Crippen molar-refractivity contribution in [3.8, 4) is 11.3 Å². The van der Waals surface area contributed by atoms with Gasteiger partial charge in [-0.25, -0.2) is 4.98 Å². The van der Waals surface area contributed by atoms with E-state index in [1.165, 1.54) is 11.3 Å². The maximum absolute atomic E-state index is 12.7. The van der Waals surface area contributed by atoms with Crippen LogP contribution in [0, 0.1) is 6.92 Å². The number of aromatic nitrogens is 2. The number of imidazole rings is 1. The smallest absolute Gasteiger partial charge is 0.178 e. The molecule has 0 atom stereocenters. The van der Waals surface area contributed by atoms with E-state index in [0.717, 1.165) is 33.0 Å². The zero-order valence-electron chi connectivity index (χ0n) is 13.9. The summed E-state index contributed by atoms with van der Waals surface area (Å²) in [5, 5.41) is 3.18. The number of thiophene rings is 1. The van der Waals surface area contributed by atoms with Crippen LogP contribution in [-0.4, -0.2) is 15.2 Å². The van der Waals surface area contributed by atoms with Gasteiger partial charge in [0.25, 0.3) is 0 Å². The van der Waals surface area contributed by atoms with E-state index in [-0.39, 0.29) is 12.2 Å². The van der Waals surface area contributed by atoms with E-state index < -0.39 is 0 Å². The lowest BCUT2D eigenvalue weighted by atomic mass is 10.1. The van der Waals surface area contributed by atoms with Crippen molar-refractivity contribution in [2.45, 2.75) is 13.3 Å². The summed E-state index contributed by atoms with van der Waals surface area (Å²) in [5.74, 6) is 0.0645. The zero-order valence-corrected chi connectivity index (χ0v) is 16.2. The van der Waals surface area contributed by atoms with Crippen molar-refractivity contribution in [2.24, 2.45) is 0 Å². The number of benzene rings is 1. The lowest BCUT2D eigenvalue weighted by Crippen LogP contribution is -2.05. The Morgan fingerprint density at radius 1 is 1.15 bits per heavy atom. The van der Waals surface area contributed by atoms with Gasteiger partial charge in [-0.15, -0.1) is 11.3 Å². The highest BCUT2D eigenvalue weighted by atomic mass is 35.5. The molecule has 0 saturated heterocycles. The van der Waals surface area contributed by atoms with E-state index in [1.54, 1.807) is 0 Å². The van der Waals surface area contributed by atoms with Gasteiger partial charge in [0, 0.05) is 16.8 Å². The van der Waals surface area contributed by atoms with Crippen LogP contribution in [0.2, 0.25) is 10.0 Å². The van der Waals surface area contributed by atoms with Crippen LogP contribution in [0.4, 0.5) is 0 Å². The van der Waals surface area contributed by atoms with Crippen LogP contribution in [0.15, 0.2) is 54.0 Å². The summed E-state index contributed by atoms with van der Waals surface area (Å²) in [6.45, 7) is 1.96. The van der Waals surface area contributed by atoms with Gasteiger partial charge in [-0.1, -0.05) is 41.4 Å². The molecule has 6 heteroatoms. The number of Topliss-reactive ketones (excluding diaryl/α,β-unsaturated/α-hetero) is 1. The van der Waals surface area contributed by atoms with Crippen molar-refractivity contribution in [3.05, 3.63) is 80.2 Å². The average Bonchev–Trinajstić information content (AvgIpc) is 3.25. The molecule has 0 aliphatic rings. The topological polar surface area (TPSA) is 34.4 Å². The lowest BCUT2D eigenvalue weighted by molar-refractivity contribution is 0.0995. The molecule has 26 heavy (non-hydrogen) atoms. The molecular weight excluding hydrogens is 387 g/mol. The Balaban J connectivity index is 1.91. The molecule has 4 rings (SSSR count). The molecule has 0 aliphatic heterocycles. The molecule has 0 radical (unpaired) electrons. The van der Waals surface area contributed by atoms with Gasteiger partial charge in [-0.05, 0) is 42.1 Å². The van der Waals surface area contributed by atoms with Gasteiger partial charge in [0.2, 0.25) is 0 Å². The molecule has 130 valence electrons. The van der Waals surface area contributed by atoms with Crippen molar-refractivity contribution in [1.82, 2.24) is 9.38 Å². The summed E-state index contributed by atoms with van der Waals surface area (Å²) < 4.78 is 1.92. The van der Waals surface area contributed by atoms with Crippen LogP contribution in [0.25, 0.3) is 16.9 Å².